The number of methoxy groups -OCH3 is 1. The van der Waals surface area contributed by atoms with Crippen LogP contribution in [0.4, 0.5) is 0 Å². The van der Waals surface area contributed by atoms with E-state index in [0.29, 0.717) is 31.7 Å². The molecule has 2 aliphatic rings. The lowest BCUT2D eigenvalue weighted by atomic mass is 10.0. The minimum Gasteiger partial charge on any atom is -0.497 e. The van der Waals surface area contributed by atoms with E-state index in [0.717, 1.165) is 24.2 Å². The fourth-order valence-electron chi connectivity index (χ4n) is 5.35. The molecule has 0 saturated carbocycles. The van der Waals surface area contributed by atoms with Gasteiger partial charge in [-0.2, -0.15) is 0 Å². The molecule has 4 rings (SSSR count). The van der Waals surface area contributed by atoms with Crippen LogP contribution in [0.25, 0.3) is 0 Å². The van der Waals surface area contributed by atoms with Crippen molar-refractivity contribution in [1.82, 2.24) is 20.9 Å². The van der Waals surface area contributed by atoms with Gasteiger partial charge in [-0.15, -0.1) is 0 Å². The normalized spacial score (nSPS) is 21.7. The first-order valence-corrected chi connectivity index (χ1v) is 14.8. The van der Waals surface area contributed by atoms with Crippen LogP contribution in [-0.2, 0) is 20.8 Å². The van der Waals surface area contributed by atoms with Gasteiger partial charge in [0.15, 0.2) is 0 Å². The molecular formula is C32H42N4O6. The van der Waals surface area contributed by atoms with E-state index in [2.05, 4.69) is 16.0 Å². The maximum Gasteiger partial charge on any atom is 0.255 e. The van der Waals surface area contributed by atoms with Gasteiger partial charge in [0.25, 0.3) is 5.91 Å². The number of rotatable bonds is 7. The van der Waals surface area contributed by atoms with Crippen molar-refractivity contribution in [3.05, 3.63) is 59.7 Å². The molecular weight excluding hydrogens is 536 g/mol. The van der Waals surface area contributed by atoms with Crippen LogP contribution in [-0.4, -0.2) is 73.5 Å². The topological polar surface area (TPSA) is 126 Å². The van der Waals surface area contributed by atoms with E-state index in [1.165, 1.54) is 0 Å². The van der Waals surface area contributed by atoms with Gasteiger partial charge in [-0.1, -0.05) is 38.1 Å². The summed E-state index contributed by atoms with van der Waals surface area (Å²) in [5.41, 5.74) is 1.38. The zero-order chi connectivity index (χ0) is 30.1. The summed E-state index contributed by atoms with van der Waals surface area (Å²) in [5.74, 6) is -0.0278. The summed E-state index contributed by atoms with van der Waals surface area (Å²) >= 11 is 0. The zero-order valence-electron chi connectivity index (χ0n) is 24.7. The quantitative estimate of drug-likeness (QED) is 0.434. The highest BCUT2D eigenvalue weighted by molar-refractivity contribution is 5.99. The molecule has 42 heavy (non-hydrogen) atoms. The molecule has 1 fully saturated rings. The zero-order valence-corrected chi connectivity index (χ0v) is 24.7. The smallest absolute Gasteiger partial charge is 0.255 e. The molecule has 2 aliphatic heterocycles. The minimum atomic E-state index is -0.935. The van der Waals surface area contributed by atoms with Gasteiger partial charge in [-0.25, -0.2) is 0 Å². The minimum absolute atomic E-state index is 0.0255. The molecule has 0 unspecified atom stereocenters. The molecule has 2 aromatic rings. The van der Waals surface area contributed by atoms with Crippen LogP contribution in [0.1, 0.15) is 61.9 Å². The Hall–Kier alpha value is -4.08. The van der Waals surface area contributed by atoms with Gasteiger partial charge in [-0.05, 0) is 67.9 Å². The molecule has 4 amide bonds. The summed E-state index contributed by atoms with van der Waals surface area (Å²) < 4.78 is 11.3. The fourth-order valence-corrected chi connectivity index (χ4v) is 5.35. The molecule has 2 aromatic carbocycles. The molecule has 0 aliphatic carbocycles. The number of nitrogens with one attached hydrogen (secondary N) is 3. The molecule has 3 atom stereocenters. The first-order valence-electron chi connectivity index (χ1n) is 14.8. The van der Waals surface area contributed by atoms with Gasteiger partial charge in [0, 0.05) is 19.5 Å². The molecule has 10 heteroatoms. The van der Waals surface area contributed by atoms with Crippen molar-refractivity contribution < 1.29 is 28.7 Å². The van der Waals surface area contributed by atoms with Crippen LogP contribution in [0, 0.1) is 5.92 Å². The molecule has 0 aromatic heterocycles. The third kappa shape index (κ3) is 8.02. The number of para-hydroxylation sites is 1. The van der Waals surface area contributed by atoms with Crippen LogP contribution in [0.15, 0.2) is 48.5 Å². The number of carbonyl (C=O) groups is 4. The van der Waals surface area contributed by atoms with Crippen LogP contribution >= 0.6 is 0 Å². The molecule has 0 spiro atoms. The number of fused-ring (bicyclic) bond motifs is 2. The van der Waals surface area contributed by atoms with Crippen molar-refractivity contribution in [3.63, 3.8) is 0 Å². The highest BCUT2D eigenvalue weighted by atomic mass is 16.5. The lowest BCUT2D eigenvalue weighted by Gasteiger charge is -2.28. The molecule has 1 saturated heterocycles. The molecule has 2 heterocycles. The van der Waals surface area contributed by atoms with Gasteiger partial charge in [-0.3, -0.25) is 19.2 Å². The Morgan fingerprint density at radius 2 is 1.90 bits per heavy atom. The van der Waals surface area contributed by atoms with E-state index in [-0.39, 0.29) is 54.7 Å². The maximum atomic E-state index is 13.4. The standard InChI is InChI=1S/C32H42N4O6/c1-21(2)26-20-42-28-14-5-4-12-24(28)30(38)34-25(15-16-29(37)36-18-8-13-27(36)32(40)35-26)31(39)33-17-7-10-22-9-6-11-23(19-22)41-3/h4-6,9,11-12,14,19,21,25-27H,7-8,10,13,15-18,20H2,1-3H3,(H,33,39)(H,34,38)(H,35,40)/t25-,26-,27-/m0/s1. The fraction of sp³-hybridized carbons (Fsp3) is 0.500. The number of amides is 4. The Labute approximate surface area is 247 Å². The Morgan fingerprint density at radius 1 is 1.10 bits per heavy atom. The highest BCUT2D eigenvalue weighted by Gasteiger charge is 2.36. The first-order chi connectivity index (χ1) is 20.3. The second-order valence-electron chi connectivity index (χ2n) is 11.2. The summed E-state index contributed by atoms with van der Waals surface area (Å²) in [6, 6.07) is 12.8. The number of carbonyl (C=O) groups excluding carboxylic acids is 4. The van der Waals surface area contributed by atoms with Gasteiger partial charge >= 0.3 is 0 Å². The summed E-state index contributed by atoms with van der Waals surface area (Å²) in [6.07, 6.45) is 2.88. The largest absolute Gasteiger partial charge is 0.497 e. The van der Waals surface area contributed by atoms with Crippen molar-refractivity contribution in [1.29, 1.82) is 0 Å². The van der Waals surface area contributed by atoms with E-state index in [1.54, 1.807) is 36.3 Å². The van der Waals surface area contributed by atoms with Crippen molar-refractivity contribution in [2.45, 2.75) is 70.5 Å². The number of benzene rings is 2. The highest BCUT2D eigenvalue weighted by Crippen LogP contribution is 2.23. The van der Waals surface area contributed by atoms with Gasteiger partial charge in [0.1, 0.15) is 30.2 Å². The molecule has 0 radical (unpaired) electrons. The van der Waals surface area contributed by atoms with E-state index >= 15 is 0 Å². The second-order valence-corrected chi connectivity index (χ2v) is 11.2. The lowest BCUT2D eigenvalue weighted by Crippen LogP contribution is -2.52. The monoisotopic (exact) mass is 578 g/mol. The maximum absolute atomic E-state index is 13.4. The SMILES string of the molecule is COc1cccc(CCCNC(=O)[C@@H]2CCC(=O)N3CCC[C@H]3C(=O)N[C@H](C(C)C)COc3ccccc3C(=O)N2)c1. The van der Waals surface area contributed by atoms with E-state index in [9.17, 15) is 19.2 Å². The van der Waals surface area contributed by atoms with Crippen molar-refractivity contribution in [2.75, 3.05) is 26.8 Å². The third-order valence-corrected chi connectivity index (χ3v) is 7.90. The number of hydrogen-bond donors (Lipinski definition) is 3. The number of ether oxygens (including phenoxy) is 2. The Morgan fingerprint density at radius 3 is 2.69 bits per heavy atom. The Bertz CT molecular complexity index is 1270. The summed E-state index contributed by atoms with van der Waals surface area (Å²) in [4.78, 5) is 54.9. The van der Waals surface area contributed by atoms with E-state index in [1.807, 2.05) is 38.1 Å². The lowest BCUT2D eigenvalue weighted by molar-refractivity contribution is -0.139. The Balaban J connectivity index is 1.50. The number of nitrogens with zero attached hydrogens (tertiary/aromatic N) is 1. The van der Waals surface area contributed by atoms with Crippen LogP contribution in [0.2, 0.25) is 0 Å². The van der Waals surface area contributed by atoms with Crippen molar-refractivity contribution in [3.8, 4) is 11.5 Å². The third-order valence-electron chi connectivity index (χ3n) is 7.90. The predicted molar refractivity (Wildman–Crippen MR) is 158 cm³/mol. The van der Waals surface area contributed by atoms with Crippen LogP contribution < -0.4 is 25.4 Å². The molecule has 10 nitrogen and oxygen atoms in total. The van der Waals surface area contributed by atoms with Gasteiger partial charge in [0.05, 0.1) is 18.7 Å². The van der Waals surface area contributed by atoms with Crippen molar-refractivity contribution >= 4 is 23.6 Å². The average Bonchev–Trinajstić information content (AvgIpc) is 3.49. The summed E-state index contributed by atoms with van der Waals surface area (Å²) in [6.45, 7) is 5.02. The summed E-state index contributed by atoms with van der Waals surface area (Å²) in [5, 5.41) is 8.82. The molecule has 0 bridgehead atoms. The van der Waals surface area contributed by atoms with E-state index < -0.39 is 18.0 Å². The Kier molecular flexibility index (Phi) is 10.8. The number of aryl methyl sites for hydroxylation is 1. The van der Waals surface area contributed by atoms with Crippen LogP contribution in [0.3, 0.4) is 0 Å². The van der Waals surface area contributed by atoms with Gasteiger partial charge in [0.2, 0.25) is 17.7 Å². The average molecular weight is 579 g/mol. The van der Waals surface area contributed by atoms with E-state index in [4.69, 9.17) is 9.47 Å². The predicted octanol–water partition coefficient (Wildman–Crippen LogP) is 2.85. The number of hydrogen-bond acceptors (Lipinski definition) is 6. The van der Waals surface area contributed by atoms with Gasteiger partial charge < -0.3 is 30.3 Å². The first kappa shape index (κ1) is 30.9. The van der Waals surface area contributed by atoms with Crippen LogP contribution in [0.5, 0.6) is 11.5 Å². The molecule has 226 valence electrons. The summed E-state index contributed by atoms with van der Waals surface area (Å²) in [7, 11) is 1.62. The van der Waals surface area contributed by atoms with Crippen molar-refractivity contribution in [2.24, 2.45) is 5.92 Å². The second kappa shape index (κ2) is 14.7. The molecule has 3 N–H and O–H groups in total.